The van der Waals surface area contributed by atoms with E-state index in [1.54, 1.807) is 24.3 Å². The molecule has 0 aliphatic heterocycles. The SMILES string of the molecule is CC(=O)c1c[nH]c2ccc(NC(=O)[C@H](CSCc3ccccc3)NC(=O)c3ccc(-c4ccccc4)cc3)cc2c1=O. The molecule has 2 amide bonds. The number of hydrogen-bond acceptors (Lipinski definition) is 5. The minimum atomic E-state index is -0.849. The van der Waals surface area contributed by atoms with Crippen LogP contribution in [-0.4, -0.2) is 34.4 Å². The maximum Gasteiger partial charge on any atom is 0.251 e. The highest BCUT2D eigenvalue weighted by atomic mass is 32.2. The first-order valence-corrected chi connectivity index (χ1v) is 14.6. The molecule has 1 heterocycles. The number of fused-ring (bicyclic) bond motifs is 1. The smallest absolute Gasteiger partial charge is 0.251 e. The second-order valence-electron chi connectivity index (χ2n) is 9.81. The number of rotatable bonds is 10. The third kappa shape index (κ3) is 6.85. The molecule has 8 heteroatoms. The van der Waals surface area contributed by atoms with Crippen molar-refractivity contribution in [2.45, 2.75) is 18.7 Å². The molecule has 0 bridgehead atoms. The Hall–Kier alpha value is -4.95. The second-order valence-corrected chi connectivity index (χ2v) is 10.8. The first-order chi connectivity index (χ1) is 20.4. The van der Waals surface area contributed by atoms with E-state index in [1.165, 1.54) is 30.9 Å². The standard InChI is InChI=1S/C34H29N3O4S/c1-22(38)29-19-35-30-17-16-27(18-28(30)32(29)39)36-34(41)31(21-42-20-23-8-4-2-5-9-23)37-33(40)26-14-12-25(13-15-26)24-10-6-3-7-11-24/h2-19,31H,20-21H2,1H3,(H,35,39)(H,36,41)(H,37,40)/t31-/m0/s1. The molecule has 42 heavy (non-hydrogen) atoms. The first-order valence-electron chi connectivity index (χ1n) is 13.4. The van der Waals surface area contributed by atoms with Crippen LogP contribution in [0.2, 0.25) is 0 Å². The summed E-state index contributed by atoms with van der Waals surface area (Å²) in [4.78, 5) is 54.3. The second kappa shape index (κ2) is 13.1. The van der Waals surface area contributed by atoms with Gasteiger partial charge in [0.2, 0.25) is 5.91 Å². The van der Waals surface area contributed by atoms with Crippen molar-refractivity contribution in [2.75, 3.05) is 11.1 Å². The Kier molecular flexibility index (Phi) is 8.94. The van der Waals surface area contributed by atoms with Gasteiger partial charge in [-0.3, -0.25) is 19.2 Å². The van der Waals surface area contributed by atoms with E-state index in [0.717, 1.165) is 16.7 Å². The van der Waals surface area contributed by atoms with Gasteiger partial charge >= 0.3 is 0 Å². The van der Waals surface area contributed by atoms with Gasteiger partial charge in [0.05, 0.1) is 5.56 Å². The third-order valence-corrected chi connectivity index (χ3v) is 7.91. The highest BCUT2D eigenvalue weighted by Gasteiger charge is 2.22. The number of carbonyl (C=O) groups excluding carboxylic acids is 3. The fourth-order valence-electron chi connectivity index (χ4n) is 4.53. The van der Waals surface area contributed by atoms with Crippen molar-refractivity contribution < 1.29 is 14.4 Å². The lowest BCUT2D eigenvalue weighted by atomic mass is 10.0. The lowest BCUT2D eigenvalue weighted by molar-refractivity contribution is -0.117. The van der Waals surface area contributed by atoms with Crippen molar-refractivity contribution in [3.63, 3.8) is 0 Å². The van der Waals surface area contributed by atoms with Crippen LogP contribution < -0.4 is 16.1 Å². The lowest BCUT2D eigenvalue weighted by Gasteiger charge is -2.19. The van der Waals surface area contributed by atoms with Crippen LogP contribution >= 0.6 is 11.8 Å². The number of anilines is 1. The summed E-state index contributed by atoms with van der Waals surface area (Å²) in [5, 5.41) is 6.02. The van der Waals surface area contributed by atoms with Crippen molar-refractivity contribution in [3.8, 4) is 11.1 Å². The molecule has 0 saturated carbocycles. The zero-order valence-corrected chi connectivity index (χ0v) is 23.7. The van der Waals surface area contributed by atoms with E-state index in [0.29, 0.717) is 28.3 Å². The molecule has 1 atom stereocenters. The van der Waals surface area contributed by atoms with Crippen LogP contribution in [0.25, 0.3) is 22.0 Å². The van der Waals surface area contributed by atoms with Crippen molar-refractivity contribution in [1.29, 1.82) is 0 Å². The summed E-state index contributed by atoms with van der Waals surface area (Å²) in [6.45, 7) is 1.33. The van der Waals surface area contributed by atoms with Crippen LogP contribution in [0.5, 0.6) is 0 Å². The predicted molar refractivity (Wildman–Crippen MR) is 169 cm³/mol. The number of nitrogens with one attached hydrogen (secondary N) is 3. The van der Waals surface area contributed by atoms with Crippen LogP contribution in [0.3, 0.4) is 0 Å². The number of aromatic amines is 1. The molecule has 0 aliphatic carbocycles. The molecule has 0 fully saturated rings. The van der Waals surface area contributed by atoms with Crippen LogP contribution in [0, 0.1) is 0 Å². The Labute approximate surface area is 247 Å². The molecule has 7 nitrogen and oxygen atoms in total. The summed E-state index contributed by atoms with van der Waals surface area (Å²) in [6.07, 6.45) is 1.40. The molecule has 5 rings (SSSR count). The molecule has 0 radical (unpaired) electrons. The number of Topliss-reactive ketones (excluding diaryl/α,β-unsaturated/α-hetero) is 1. The van der Waals surface area contributed by atoms with Gasteiger partial charge in [0.25, 0.3) is 5.91 Å². The van der Waals surface area contributed by atoms with E-state index in [9.17, 15) is 19.2 Å². The quantitative estimate of drug-likeness (QED) is 0.175. The van der Waals surface area contributed by atoms with Gasteiger partial charge < -0.3 is 15.6 Å². The van der Waals surface area contributed by atoms with Gasteiger partial charge in [-0.1, -0.05) is 72.8 Å². The highest BCUT2D eigenvalue weighted by molar-refractivity contribution is 7.98. The minimum absolute atomic E-state index is 0.0479. The van der Waals surface area contributed by atoms with Crippen molar-refractivity contribution >= 4 is 45.9 Å². The van der Waals surface area contributed by atoms with Crippen LogP contribution in [0.4, 0.5) is 5.69 Å². The summed E-state index contributed by atoms with van der Waals surface area (Å²) in [6, 6.07) is 31.0. The van der Waals surface area contributed by atoms with Crippen LogP contribution in [0.15, 0.2) is 114 Å². The maximum absolute atomic E-state index is 13.5. The number of pyridine rings is 1. The Bertz CT molecular complexity index is 1790. The Morgan fingerprint density at radius 1 is 0.833 bits per heavy atom. The minimum Gasteiger partial charge on any atom is -0.360 e. The molecule has 1 aromatic heterocycles. The molecule has 210 valence electrons. The third-order valence-electron chi connectivity index (χ3n) is 6.80. The molecular weight excluding hydrogens is 546 g/mol. The summed E-state index contributed by atoms with van der Waals surface area (Å²) < 4.78 is 0. The number of hydrogen-bond donors (Lipinski definition) is 3. The average Bonchev–Trinajstić information content (AvgIpc) is 3.01. The van der Waals surface area contributed by atoms with Crippen molar-refractivity contribution in [1.82, 2.24) is 10.3 Å². The predicted octanol–water partition coefficient (Wildman–Crippen LogP) is 6.07. The normalized spacial score (nSPS) is 11.5. The molecular formula is C34H29N3O4S. The maximum atomic E-state index is 13.5. The van der Waals surface area contributed by atoms with Gasteiger partial charge in [0.15, 0.2) is 11.2 Å². The van der Waals surface area contributed by atoms with Crippen LogP contribution in [-0.2, 0) is 10.5 Å². The average molecular weight is 576 g/mol. The summed E-state index contributed by atoms with van der Waals surface area (Å²) in [5.74, 6) is -0.120. The lowest BCUT2D eigenvalue weighted by Crippen LogP contribution is -2.45. The largest absolute Gasteiger partial charge is 0.360 e. The summed E-state index contributed by atoms with van der Waals surface area (Å²) in [5.41, 5.74) is 4.15. The molecule has 0 unspecified atom stereocenters. The molecule has 0 spiro atoms. The topological polar surface area (TPSA) is 108 Å². The molecule has 5 aromatic rings. The Morgan fingerprint density at radius 2 is 1.50 bits per heavy atom. The highest BCUT2D eigenvalue weighted by Crippen LogP contribution is 2.20. The number of ketones is 1. The summed E-state index contributed by atoms with van der Waals surface area (Å²) >= 11 is 1.53. The number of amides is 2. The van der Waals surface area contributed by atoms with Gasteiger partial charge in [-0.15, -0.1) is 0 Å². The van der Waals surface area contributed by atoms with Crippen LogP contribution in [0.1, 0.15) is 33.2 Å². The molecule has 4 aromatic carbocycles. The van der Waals surface area contributed by atoms with Gasteiger partial charge in [0.1, 0.15) is 6.04 Å². The molecule has 3 N–H and O–H groups in total. The molecule has 0 saturated heterocycles. The fraction of sp³-hybridized carbons (Fsp3) is 0.118. The van der Waals surface area contributed by atoms with Gasteiger partial charge in [0, 0.05) is 39.9 Å². The van der Waals surface area contributed by atoms with Gasteiger partial charge in [-0.25, -0.2) is 0 Å². The van der Waals surface area contributed by atoms with E-state index in [2.05, 4.69) is 15.6 Å². The van der Waals surface area contributed by atoms with E-state index in [4.69, 9.17) is 0 Å². The number of thioether (sulfide) groups is 1. The number of H-pyrrole nitrogens is 1. The zero-order valence-electron chi connectivity index (χ0n) is 22.9. The fourth-order valence-corrected chi connectivity index (χ4v) is 5.54. The Morgan fingerprint density at radius 3 is 2.19 bits per heavy atom. The van der Waals surface area contributed by atoms with Crippen molar-refractivity contribution in [2.24, 2.45) is 0 Å². The zero-order chi connectivity index (χ0) is 29.5. The monoisotopic (exact) mass is 575 g/mol. The molecule has 0 aliphatic rings. The Balaban J connectivity index is 1.34. The van der Waals surface area contributed by atoms with E-state index in [-0.39, 0.29) is 22.6 Å². The number of aromatic nitrogens is 1. The van der Waals surface area contributed by atoms with E-state index < -0.39 is 17.4 Å². The van der Waals surface area contributed by atoms with E-state index in [1.807, 2.05) is 72.8 Å². The number of benzene rings is 4. The summed E-state index contributed by atoms with van der Waals surface area (Å²) in [7, 11) is 0. The van der Waals surface area contributed by atoms with E-state index >= 15 is 0 Å². The first kappa shape index (κ1) is 28.6. The van der Waals surface area contributed by atoms with Crippen molar-refractivity contribution in [3.05, 3.63) is 136 Å². The van der Waals surface area contributed by atoms with Gasteiger partial charge in [-0.2, -0.15) is 11.8 Å². The van der Waals surface area contributed by atoms with Gasteiger partial charge in [-0.05, 0) is 53.9 Å². The number of carbonyl (C=O) groups is 3.